The van der Waals surface area contributed by atoms with Gasteiger partial charge in [-0.05, 0) is 23.3 Å². The zero-order chi connectivity index (χ0) is 20.3. The summed E-state index contributed by atoms with van der Waals surface area (Å²) in [5.41, 5.74) is 0.328. The van der Waals surface area contributed by atoms with Gasteiger partial charge in [-0.1, -0.05) is 6.07 Å². The Labute approximate surface area is 157 Å². The molecule has 146 valence electrons. The van der Waals surface area contributed by atoms with Crippen molar-refractivity contribution in [1.29, 1.82) is 0 Å². The lowest BCUT2D eigenvalue weighted by atomic mass is 9.88. The van der Waals surface area contributed by atoms with Crippen LogP contribution in [0.3, 0.4) is 0 Å². The number of nitrogens with zero attached hydrogens (tertiary/aromatic N) is 1. The molecule has 6 nitrogen and oxygen atoms in total. The molecule has 1 aromatic carbocycles. The minimum atomic E-state index is -1.30. The van der Waals surface area contributed by atoms with Gasteiger partial charge in [0.05, 0.1) is 13.5 Å². The zero-order valence-corrected chi connectivity index (χ0v) is 14.8. The Kier molecular flexibility index (Phi) is 5.62. The summed E-state index contributed by atoms with van der Waals surface area (Å²) in [6, 6.07) is 4.52. The van der Waals surface area contributed by atoms with E-state index in [0.717, 1.165) is 6.07 Å². The number of aromatic nitrogens is 3. The zero-order valence-electron chi connectivity index (χ0n) is 14.8. The summed E-state index contributed by atoms with van der Waals surface area (Å²) in [7, 11) is 1.22. The highest BCUT2D eigenvalue weighted by atomic mass is 19.2. The third-order valence-electron chi connectivity index (χ3n) is 4.39. The minimum absolute atomic E-state index is 0.140. The number of aromatic amines is 2. The molecule has 2 aromatic heterocycles. The van der Waals surface area contributed by atoms with E-state index in [0.29, 0.717) is 11.6 Å². The SMILES string of the molecule is COC(=O)C[C@H](c1cccnc1)c1c(Cc2cc(F)c(F)cc2F)[nH][nH]c1=O. The second-order valence-corrected chi connectivity index (χ2v) is 6.13. The highest BCUT2D eigenvalue weighted by Gasteiger charge is 2.26. The van der Waals surface area contributed by atoms with Crippen LogP contribution in [0.1, 0.15) is 34.7 Å². The molecule has 0 aliphatic rings. The van der Waals surface area contributed by atoms with Crippen molar-refractivity contribution in [2.75, 3.05) is 7.11 Å². The van der Waals surface area contributed by atoms with Crippen LogP contribution in [0.25, 0.3) is 0 Å². The Balaban J connectivity index is 2.06. The van der Waals surface area contributed by atoms with E-state index in [1.807, 2.05) is 0 Å². The van der Waals surface area contributed by atoms with Crippen LogP contribution in [0.4, 0.5) is 13.2 Å². The topological polar surface area (TPSA) is 87.8 Å². The molecule has 0 aliphatic heterocycles. The smallest absolute Gasteiger partial charge is 0.306 e. The molecule has 0 saturated heterocycles. The van der Waals surface area contributed by atoms with Gasteiger partial charge in [0.25, 0.3) is 5.56 Å². The van der Waals surface area contributed by atoms with E-state index >= 15 is 0 Å². The molecule has 2 heterocycles. The van der Waals surface area contributed by atoms with Crippen molar-refractivity contribution in [3.05, 3.63) is 86.8 Å². The van der Waals surface area contributed by atoms with Crippen molar-refractivity contribution in [1.82, 2.24) is 15.2 Å². The minimum Gasteiger partial charge on any atom is -0.469 e. The lowest BCUT2D eigenvalue weighted by Crippen LogP contribution is -2.18. The van der Waals surface area contributed by atoms with Crippen LogP contribution in [0.15, 0.2) is 41.5 Å². The lowest BCUT2D eigenvalue weighted by molar-refractivity contribution is -0.140. The van der Waals surface area contributed by atoms with E-state index in [2.05, 4.69) is 15.2 Å². The van der Waals surface area contributed by atoms with Crippen LogP contribution in [0, 0.1) is 17.5 Å². The van der Waals surface area contributed by atoms with Crippen LogP contribution in [-0.2, 0) is 16.0 Å². The molecule has 2 N–H and O–H groups in total. The average molecular weight is 391 g/mol. The van der Waals surface area contributed by atoms with Crippen LogP contribution in [0.5, 0.6) is 0 Å². The number of hydrogen-bond acceptors (Lipinski definition) is 4. The summed E-state index contributed by atoms with van der Waals surface area (Å²) >= 11 is 0. The van der Waals surface area contributed by atoms with Gasteiger partial charge in [-0.25, -0.2) is 13.2 Å². The molecule has 0 spiro atoms. The second kappa shape index (κ2) is 8.12. The van der Waals surface area contributed by atoms with Crippen molar-refractivity contribution in [2.45, 2.75) is 18.8 Å². The fraction of sp³-hybridized carbons (Fsp3) is 0.211. The maximum absolute atomic E-state index is 14.1. The number of pyridine rings is 1. The van der Waals surface area contributed by atoms with Crippen molar-refractivity contribution >= 4 is 5.97 Å². The maximum Gasteiger partial charge on any atom is 0.306 e. The molecule has 3 rings (SSSR count). The number of H-pyrrole nitrogens is 2. The van der Waals surface area contributed by atoms with E-state index in [4.69, 9.17) is 4.74 Å². The number of esters is 1. The maximum atomic E-state index is 14.1. The van der Waals surface area contributed by atoms with Gasteiger partial charge < -0.3 is 9.84 Å². The number of halogens is 3. The number of nitrogens with one attached hydrogen (secondary N) is 2. The van der Waals surface area contributed by atoms with Gasteiger partial charge in [0.2, 0.25) is 0 Å². The molecule has 0 radical (unpaired) electrons. The van der Waals surface area contributed by atoms with Gasteiger partial charge in [0.15, 0.2) is 11.6 Å². The van der Waals surface area contributed by atoms with Gasteiger partial charge in [0, 0.05) is 42.1 Å². The number of benzene rings is 1. The number of carbonyl (C=O) groups is 1. The molecule has 9 heteroatoms. The van der Waals surface area contributed by atoms with Crippen molar-refractivity contribution in [3.63, 3.8) is 0 Å². The first-order valence-electron chi connectivity index (χ1n) is 8.30. The first-order chi connectivity index (χ1) is 13.4. The quantitative estimate of drug-likeness (QED) is 0.500. The fourth-order valence-electron chi connectivity index (χ4n) is 3.02. The standard InChI is InChI=1S/C19H16F3N3O3/c1-28-17(26)7-12(10-3-2-4-23-9-10)18-16(24-25-19(18)27)6-11-5-14(21)15(22)8-13(11)20/h2-5,8-9,12H,6-7H2,1H3,(H2,24,25,27)/t12-/m1/s1. The summed E-state index contributed by atoms with van der Waals surface area (Å²) in [5, 5.41) is 5.03. The van der Waals surface area contributed by atoms with Gasteiger partial charge in [-0.2, -0.15) is 0 Å². The Morgan fingerprint density at radius 3 is 2.61 bits per heavy atom. The second-order valence-electron chi connectivity index (χ2n) is 6.13. The normalized spacial score (nSPS) is 12.0. The molecule has 0 fully saturated rings. The molecule has 0 unspecified atom stereocenters. The van der Waals surface area contributed by atoms with Crippen molar-refractivity contribution in [2.24, 2.45) is 0 Å². The molecule has 0 saturated carbocycles. The molecule has 0 bridgehead atoms. The predicted molar refractivity (Wildman–Crippen MR) is 93.2 cm³/mol. The average Bonchev–Trinajstić information content (AvgIpc) is 3.04. The van der Waals surface area contributed by atoms with Crippen LogP contribution >= 0.6 is 0 Å². The first-order valence-corrected chi connectivity index (χ1v) is 8.30. The summed E-state index contributed by atoms with van der Waals surface area (Å²) in [6.07, 6.45) is 2.67. The van der Waals surface area contributed by atoms with Crippen LogP contribution < -0.4 is 5.56 Å². The number of methoxy groups -OCH3 is 1. The number of ether oxygens (including phenoxy) is 1. The Morgan fingerprint density at radius 2 is 1.93 bits per heavy atom. The third-order valence-corrected chi connectivity index (χ3v) is 4.39. The van der Waals surface area contributed by atoms with E-state index in [9.17, 15) is 22.8 Å². The number of rotatable bonds is 6. The predicted octanol–water partition coefficient (Wildman–Crippen LogP) is 2.80. The first kappa shape index (κ1) is 19.4. The van der Waals surface area contributed by atoms with Crippen LogP contribution in [-0.4, -0.2) is 28.3 Å². The van der Waals surface area contributed by atoms with Crippen LogP contribution in [0.2, 0.25) is 0 Å². The summed E-state index contributed by atoms with van der Waals surface area (Å²) in [5.74, 6) is -4.73. The van der Waals surface area contributed by atoms with Gasteiger partial charge in [-0.3, -0.25) is 19.7 Å². The molecular formula is C19H16F3N3O3. The third kappa shape index (κ3) is 3.98. The Bertz CT molecular complexity index is 1050. The molecule has 3 aromatic rings. The van der Waals surface area contributed by atoms with Gasteiger partial charge >= 0.3 is 5.97 Å². The Hall–Kier alpha value is -3.36. The summed E-state index contributed by atoms with van der Waals surface area (Å²) in [6.45, 7) is 0. The highest BCUT2D eigenvalue weighted by Crippen LogP contribution is 2.29. The molecule has 0 aliphatic carbocycles. The molecule has 1 atom stereocenters. The summed E-state index contributed by atoms with van der Waals surface area (Å²) < 4.78 is 45.5. The molecule has 0 amide bonds. The van der Waals surface area contributed by atoms with E-state index in [1.165, 1.54) is 19.5 Å². The van der Waals surface area contributed by atoms with E-state index < -0.39 is 34.9 Å². The molecule has 28 heavy (non-hydrogen) atoms. The lowest BCUT2D eigenvalue weighted by Gasteiger charge is -2.16. The van der Waals surface area contributed by atoms with Gasteiger partial charge in [0.1, 0.15) is 5.82 Å². The highest BCUT2D eigenvalue weighted by molar-refractivity contribution is 5.71. The van der Waals surface area contributed by atoms with Crippen molar-refractivity contribution in [3.8, 4) is 0 Å². The summed E-state index contributed by atoms with van der Waals surface area (Å²) in [4.78, 5) is 28.3. The van der Waals surface area contributed by atoms with Gasteiger partial charge in [-0.15, -0.1) is 0 Å². The van der Waals surface area contributed by atoms with E-state index in [-0.39, 0.29) is 29.7 Å². The van der Waals surface area contributed by atoms with Crippen molar-refractivity contribution < 1.29 is 22.7 Å². The number of carbonyl (C=O) groups excluding carboxylic acids is 1. The number of hydrogen-bond donors (Lipinski definition) is 2. The monoisotopic (exact) mass is 391 g/mol. The van der Waals surface area contributed by atoms with E-state index in [1.54, 1.807) is 12.1 Å². The molecular weight excluding hydrogens is 375 g/mol. The largest absolute Gasteiger partial charge is 0.469 e. The Morgan fingerprint density at radius 1 is 1.18 bits per heavy atom. The fourth-order valence-corrected chi connectivity index (χ4v) is 3.02.